The van der Waals surface area contributed by atoms with E-state index in [2.05, 4.69) is 40.2 Å². The average molecular weight is 377 g/mol. The number of benzene rings is 2. The summed E-state index contributed by atoms with van der Waals surface area (Å²) in [5.74, 6) is 0.432. The number of rotatable bonds is 4. The lowest BCUT2D eigenvalue weighted by atomic mass is 9.87. The van der Waals surface area contributed by atoms with Gasteiger partial charge in [-0.25, -0.2) is 4.98 Å². The molecule has 27 heavy (non-hydrogen) atoms. The number of hydrogen-bond donors (Lipinski definition) is 0. The van der Waals surface area contributed by atoms with E-state index < -0.39 is 0 Å². The third-order valence-electron chi connectivity index (χ3n) is 6.07. The number of carbonyl (C=O) groups excluding carboxylic acids is 1. The Morgan fingerprint density at radius 3 is 2.89 bits per heavy atom. The van der Waals surface area contributed by atoms with Gasteiger partial charge in [0.1, 0.15) is 0 Å². The number of carbonyl (C=O) groups is 1. The third kappa shape index (κ3) is 3.11. The van der Waals surface area contributed by atoms with Crippen molar-refractivity contribution in [2.45, 2.75) is 39.2 Å². The number of likely N-dealkylation sites (tertiary alicyclic amines) is 1. The molecule has 3 aromatic rings. The lowest BCUT2D eigenvalue weighted by Gasteiger charge is -2.31. The van der Waals surface area contributed by atoms with E-state index in [4.69, 9.17) is 0 Å². The number of aryl methyl sites for hydroxylation is 3. The molecule has 0 amide bonds. The molecule has 0 radical (unpaired) electrons. The van der Waals surface area contributed by atoms with Crippen LogP contribution >= 0.6 is 11.3 Å². The zero-order valence-electron chi connectivity index (χ0n) is 15.7. The predicted octanol–water partition coefficient (Wildman–Crippen LogP) is 4.80. The van der Waals surface area contributed by atoms with Crippen LogP contribution < -0.4 is 0 Å². The number of aromatic nitrogens is 1. The van der Waals surface area contributed by atoms with E-state index in [1.54, 1.807) is 11.3 Å². The van der Waals surface area contributed by atoms with Crippen molar-refractivity contribution < 1.29 is 4.79 Å². The van der Waals surface area contributed by atoms with Gasteiger partial charge in [-0.3, -0.25) is 9.69 Å². The Bertz CT molecular complexity index is 1010. The Morgan fingerprint density at radius 1 is 1.22 bits per heavy atom. The van der Waals surface area contributed by atoms with Gasteiger partial charge >= 0.3 is 0 Å². The van der Waals surface area contributed by atoms with E-state index in [0.717, 1.165) is 55.9 Å². The van der Waals surface area contributed by atoms with Gasteiger partial charge in [-0.15, -0.1) is 11.3 Å². The normalized spacial score (nSPS) is 19.7. The van der Waals surface area contributed by atoms with Crippen LogP contribution in [-0.4, -0.2) is 28.8 Å². The van der Waals surface area contributed by atoms with Gasteiger partial charge in [0.05, 0.1) is 5.01 Å². The maximum Gasteiger partial charge on any atom is 0.167 e. The van der Waals surface area contributed by atoms with Crippen molar-refractivity contribution in [1.82, 2.24) is 9.88 Å². The highest BCUT2D eigenvalue weighted by Crippen LogP contribution is 2.34. The molecule has 0 bridgehead atoms. The van der Waals surface area contributed by atoms with Crippen molar-refractivity contribution in [2.75, 3.05) is 13.1 Å². The first-order valence-electron chi connectivity index (χ1n) is 9.90. The number of Topliss-reactive ketones (excluding diaryl/α,β-unsaturated/α-hetero) is 1. The second kappa shape index (κ2) is 6.84. The van der Waals surface area contributed by atoms with Gasteiger partial charge in [0.15, 0.2) is 5.78 Å². The summed E-state index contributed by atoms with van der Waals surface area (Å²) in [5, 5.41) is 3.63. The number of thiazole rings is 1. The summed E-state index contributed by atoms with van der Waals surface area (Å²) in [7, 11) is 0. The molecule has 138 valence electrons. The fourth-order valence-corrected chi connectivity index (χ4v) is 5.63. The molecule has 4 heteroatoms. The van der Waals surface area contributed by atoms with Gasteiger partial charge < -0.3 is 0 Å². The average Bonchev–Trinajstić information content (AvgIpc) is 3.29. The van der Waals surface area contributed by atoms with Crippen molar-refractivity contribution in [3.63, 3.8) is 0 Å². The summed E-state index contributed by atoms with van der Waals surface area (Å²) in [6.07, 6.45) is 6.29. The van der Waals surface area contributed by atoms with Crippen molar-refractivity contribution in [1.29, 1.82) is 0 Å². The molecule has 2 aliphatic rings. The summed E-state index contributed by atoms with van der Waals surface area (Å²) >= 11 is 1.76. The van der Waals surface area contributed by atoms with E-state index >= 15 is 0 Å². The Balaban J connectivity index is 1.40. The minimum Gasteiger partial charge on any atom is -0.297 e. The maximum absolute atomic E-state index is 13.4. The van der Waals surface area contributed by atoms with Crippen LogP contribution in [0.25, 0.3) is 10.8 Å². The summed E-state index contributed by atoms with van der Waals surface area (Å²) in [6.45, 7) is 4.90. The first-order valence-corrected chi connectivity index (χ1v) is 10.7. The second-order valence-electron chi connectivity index (χ2n) is 7.90. The zero-order chi connectivity index (χ0) is 18.4. The van der Waals surface area contributed by atoms with Crippen LogP contribution in [0, 0.1) is 12.8 Å². The first kappa shape index (κ1) is 17.1. The minimum atomic E-state index is 0.103. The van der Waals surface area contributed by atoms with Crippen molar-refractivity contribution in [3.05, 3.63) is 63.1 Å². The zero-order valence-corrected chi connectivity index (χ0v) is 16.5. The van der Waals surface area contributed by atoms with Gasteiger partial charge in [-0.05, 0) is 61.1 Å². The van der Waals surface area contributed by atoms with E-state index in [9.17, 15) is 4.79 Å². The molecule has 1 aromatic heterocycles. The van der Waals surface area contributed by atoms with Gasteiger partial charge in [-0.2, -0.15) is 0 Å². The SMILES string of the molecule is Cc1ncc(CN2CCC[C@@H](C(=O)c3ccc4c5c(cccc35)CC4)C2)s1. The molecular weight excluding hydrogens is 352 g/mol. The lowest BCUT2D eigenvalue weighted by molar-refractivity contribution is 0.0814. The largest absolute Gasteiger partial charge is 0.297 e. The van der Waals surface area contributed by atoms with Crippen LogP contribution in [0.15, 0.2) is 36.5 Å². The van der Waals surface area contributed by atoms with E-state index in [-0.39, 0.29) is 5.92 Å². The van der Waals surface area contributed by atoms with E-state index in [1.165, 1.54) is 26.8 Å². The van der Waals surface area contributed by atoms with Crippen LogP contribution in [-0.2, 0) is 19.4 Å². The van der Waals surface area contributed by atoms with Crippen LogP contribution in [0.3, 0.4) is 0 Å². The third-order valence-corrected chi connectivity index (χ3v) is 6.96. The molecule has 1 saturated heterocycles. The summed E-state index contributed by atoms with van der Waals surface area (Å²) in [4.78, 5) is 21.5. The first-order chi connectivity index (χ1) is 13.2. The highest BCUT2D eigenvalue weighted by molar-refractivity contribution is 7.11. The highest BCUT2D eigenvalue weighted by Gasteiger charge is 2.28. The summed E-state index contributed by atoms with van der Waals surface area (Å²) < 4.78 is 0. The molecule has 1 fully saturated rings. The Labute approximate surface area is 164 Å². The van der Waals surface area contributed by atoms with Crippen molar-refractivity contribution in [3.8, 4) is 0 Å². The van der Waals surface area contributed by atoms with Crippen molar-refractivity contribution >= 4 is 27.9 Å². The number of nitrogens with zero attached hydrogens (tertiary/aromatic N) is 2. The van der Waals surface area contributed by atoms with Gasteiger partial charge in [0.2, 0.25) is 0 Å². The van der Waals surface area contributed by atoms with Crippen LogP contribution in [0.1, 0.15) is 44.2 Å². The van der Waals surface area contributed by atoms with Gasteiger partial charge in [-0.1, -0.05) is 30.3 Å². The molecule has 3 nitrogen and oxygen atoms in total. The fourth-order valence-electron chi connectivity index (χ4n) is 4.79. The Morgan fingerprint density at radius 2 is 2.07 bits per heavy atom. The summed E-state index contributed by atoms with van der Waals surface area (Å²) in [5.41, 5.74) is 3.74. The second-order valence-corrected chi connectivity index (χ2v) is 9.22. The molecule has 1 atom stereocenters. The lowest BCUT2D eigenvalue weighted by Crippen LogP contribution is -2.38. The Hall–Kier alpha value is -2.04. The molecule has 1 aliphatic heterocycles. The van der Waals surface area contributed by atoms with E-state index in [0.29, 0.717) is 5.78 Å². The number of ketones is 1. The standard InChI is InChI=1S/C23H24N2OS/c1-15-24-12-19(27-15)14-25-11-3-5-18(13-25)23(26)21-10-9-17-8-7-16-4-2-6-20(21)22(16)17/h2,4,6,9-10,12,18H,3,5,7-8,11,13-14H2,1H3/t18-/m1/s1. The van der Waals surface area contributed by atoms with Gasteiger partial charge in [0.25, 0.3) is 0 Å². The molecule has 5 rings (SSSR count). The molecule has 1 aliphatic carbocycles. The fraction of sp³-hybridized carbons (Fsp3) is 0.391. The highest BCUT2D eigenvalue weighted by atomic mass is 32.1. The number of hydrogen-bond acceptors (Lipinski definition) is 4. The molecule has 2 aromatic carbocycles. The number of piperidine rings is 1. The Kier molecular flexibility index (Phi) is 4.33. The molecule has 0 saturated carbocycles. The van der Waals surface area contributed by atoms with Crippen LogP contribution in [0.4, 0.5) is 0 Å². The monoisotopic (exact) mass is 376 g/mol. The maximum atomic E-state index is 13.4. The molecular formula is C23H24N2OS. The topological polar surface area (TPSA) is 33.2 Å². The molecule has 0 N–H and O–H groups in total. The van der Waals surface area contributed by atoms with Crippen LogP contribution in [0.5, 0.6) is 0 Å². The van der Waals surface area contributed by atoms with Crippen molar-refractivity contribution in [2.24, 2.45) is 5.92 Å². The molecule has 2 heterocycles. The summed E-state index contributed by atoms with van der Waals surface area (Å²) in [6, 6.07) is 10.7. The quantitative estimate of drug-likeness (QED) is 0.613. The van der Waals surface area contributed by atoms with Gasteiger partial charge in [0, 0.05) is 35.6 Å². The minimum absolute atomic E-state index is 0.103. The smallest absolute Gasteiger partial charge is 0.167 e. The molecule has 0 spiro atoms. The molecule has 0 unspecified atom stereocenters. The van der Waals surface area contributed by atoms with E-state index in [1.807, 2.05) is 13.1 Å². The van der Waals surface area contributed by atoms with Crippen LogP contribution in [0.2, 0.25) is 0 Å². The predicted molar refractivity (Wildman–Crippen MR) is 111 cm³/mol.